The van der Waals surface area contributed by atoms with Gasteiger partial charge in [0.2, 0.25) is 30.1 Å². The number of fused-ring (bicyclic) bond motifs is 6. The number of aromatic nitrogens is 3. The Kier molecular flexibility index (Phi) is 14.0. The molecule has 4 heterocycles. The lowest BCUT2D eigenvalue weighted by Crippen LogP contribution is -2.36. The summed E-state index contributed by atoms with van der Waals surface area (Å²) in [5, 5.41) is 2.89. The predicted octanol–water partition coefficient (Wildman–Crippen LogP) is 3.49. The average Bonchev–Trinajstić information content (AvgIpc) is 3.05. The van der Waals surface area contributed by atoms with Crippen LogP contribution in [0.3, 0.4) is 0 Å². The molecule has 13 nitrogen and oxygen atoms in total. The highest BCUT2D eigenvalue weighted by atomic mass is 32.2. The van der Waals surface area contributed by atoms with Crippen molar-refractivity contribution in [3.63, 3.8) is 0 Å². The first kappa shape index (κ1) is 39.9. The van der Waals surface area contributed by atoms with Crippen molar-refractivity contribution in [2.45, 2.75) is 79.8 Å². The van der Waals surface area contributed by atoms with Crippen LogP contribution < -0.4 is 5.32 Å². The van der Waals surface area contributed by atoms with Crippen molar-refractivity contribution in [1.82, 2.24) is 33.2 Å². The SMILES string of the molecule is CNCCS(=O)(=O)N1Cc2cccc(n2)CN(S(=O)(=O)CCC(C)C)Cc2cccc(n2)CN(S(=O)(=O)CCC(C)C)Cc2cccc(n2)C1. The van der Waals surface area contributed by atoms with Crippen molar-refractivity contribution in [3.05, 3.63) is 88.8 Å². The van der Waals surface area contributed by atoms with Crippen LogP contribution in [0.2, 0.25) is 0 Å². The van der Waals surface area contributed by atoms with E-state index < -0.39 is 30.1 Å². The van der Waals surface area contributed by atoms with Crippen molar-refractivity contribution in [3.8, 4) is 0 Å². The molecule has 3 aromatic heterocycles. The highest BCUT2D eigenvalue weighted by Gasteiger charge is 2.28. The summed E-state index contributed by atoms with van der Waals surface area (Å²) in [5.41, 5.74) is 2.76. The molecule has 1 aliphatic rings. The van der Waals surface area contributed by atoms with Crippen LogP contribution in [-0.4, -0.2) is 84.0 Å². The lowest BCUT2D eigenvalue weighted by atomic mass is 10.2. The fourth-order valence-corrected chi connectivity index (χ4v) is 10.1. The van der Waals surface area contributed by atoms with E-state index in [1.807, 2.05) is 27.7 Å². The summed E-state index contributed by atoms with van der Waals surface area (Å²) in [7, 11) is -9.66. The minimum atomic E-state index is -3.80. The largest absolute Gasteiger partial charge is 0.319 e. The van der Waals surface area contributed by atoms with Crippen molar-refractivity contribution in [2.75, 3.05) is 30.9 Å². The van der Waals surface area contributed by atoms with Crippen molar-refractivity contribution in [1.29, 1.82) is 0 Å². The fourth-order valence-electron chi connectivity index (χ4n) is 5.35. The first-order chi connectivity index (χ1) is 23.6. The smallest absolute Gasteiger partial charge is 0.216 e. The van der Waals surface area contributed by atoms with Gasteiger partial charge in [0.25, 0.3) is 0 Å². The zero-order valence-corrected chi connectivity index (χ0v) is 32.1. The van der Waals surface area contributed by atoms with Gasteiger partial charge in [-0.1, -0.05) is 45.9 Å². The molecule has 0 saturated carbocycles. The standard InChI is InChI=1S/C34H51N7O6S3/c1-27(2)15-18-48(42,43)39-21-29-9-6-10-30(36-29)22-40(49(44,45)19-16-28(3)4)24-32-12-8-14-34(38-32)26-41(50(46,47)20-17-35-5)25-33-13-7-11-31(23-39)37-33/h6-14,27-28,35H,15-26H2,1-5H3. The number of pyridine rings is 3. The molecule has 0 spiro atoms. The highest BCUT2D eigenvalue weighted by molar-refractivity contribution is 7.89. The van der Waals surface area contributed by atoms with E-state index in [0.717, 1.165) is 0 Å². The van der Waals surface area contributed by atoms with Gasteiger partial charge in [0.05, 0.1) is 90.7 Å². The van der Waals surface area contributed by atoms with E-state index in [4.69, 9.17) is 15.0 Å². The molecule has 0 unspecified atom stereocenters. The molecule has 1 aliphatic heterocycles. The molecule has 0 atom stereocenters. The molecule has 4 rings (SSSR count). The van der Waals surface area contributed by atoms with E-state index >= 15 is 0 Å². The lowest BCUT2D eigenvalue weighted by molar-refractivity contribution is 0.373. The summed E-state index contributed by atoms with van der Waals surface area (Å²) in [4.78, 5) is 14.2. The van der Waals surface area contributed by atoms with Crippen LogP contribution in [-0.2, 0) is 69.3 Å². The Morgan fingerprint density at radius 1 is 0.520 bits per heavy atom. The molecular formula is C34H51N7O6S3. The fraction of sp³-hybridized carbons (Fsp3) is 0.559. The molecule has 0 fully saturated rings. The molecule has 0 aromatic carbocycles. The Labute approximate surface area is 298 Å². The summed E-state index contributed by atoms with van der Waals surface area (Å²) in [5.74, 6) is 0.0582. The van der Waals surface area contributed by atoms with Crippen LogP contribution in [0, 0.1) is 11.8 Å². The molecule has 3 aromatic rings. The van der Waals surface area contributed by atoms with Gasteiger partial charge in [-0.3, -0.25) is 15.0 Å². The average molecular weight is 750 g/mol. The molecule has 16 heteroatoms. The normalized spacial score (nSPS) is 16.4. The molecule has 0 radical (unpaired) electrons. The summed E-state index contributed by atoms with van der Waals surface area (Å²) in [6.07, 6.45) is 0.938. The number of nitrogens with zero attached hydrogens (tertiary/aromatic N) is 6. The van der Waals surface area contributed by atoms with Crippen LogP contribution >= 0.6 is 0 Å². The number of sulfonamides is 3. The van der Waals surface area contributed by atoms with E-state index in [0.29, 0.717) is 47.0 Å². The Morgan fingerprint density at radius 2 is 0.780 bits per heavy atom. The summed E-state index contributed by atoms with van der Waals surface area (Å²) in [6, 6.07) is 15.6. The lowest BCUT2D eigenvalue weighted by Gasteiger charge is -2.25. The van der Waals surface area contributed by atoms with Gasteiger partial charge >= 0.3 is 0 Å². The number of hydrogen-bond donors (Lipinski definition) is 1. The Hall–Kier alpha value is -2.86. The third-order valence-corrected chi connectivity index (χ3v) is 13.7. The second-order valence-corrected chi connectivity index (χ2v) is 19.8. The zero-order valence-electron chi connectivity index (χ0n) is 29.7. The molecule has 0 saturated heterocycles. The van der Waals surface area contributed by atoms with E-state index in [1.165, 1.54) is 12.9 Å². The van der Waals surface area contributed by atoms with Gasteiger partial charge in [0, 0.05) is 6.54 Å². The minimum Gasteiger partial charge on any atom is -0.319 e. The van der Waals surface area contributed by atoms with E-state index in [1.54, 1.807) is 61.6 Å². The summed E-state index contributed by atoms with van der Waals surface area (Å²) < 4.78 is 86.4. The topological polar surface area (TPSA) is 163 Å². The van der Waals surface area contributed by atoms with Gasteiger partial charge in [-0.05, 0) is 68.1 Å². The van der Waals surface area contributed by atoms with E-state index in [-0.39, 0.29) is 74.9 Å². The van der Waals surface area contributed by atoms with Gasteiger partial charge in [-0.2, -0.15) is 12.9 Å². The third kappa shape index (κ3) is 11.9. The molecular weight excluding hydrogens is 699 g/mol. The number of nitrogens with one attached hydrogen (secondary N) is 1. The summed E-state index contributed by atoms with van der Waals surface area (Å²) >= 11 is 0. The van der Waals surface area contributed by atoms with Crippen LogP contribution in [0.4, 0.5) is 0 Å². The number of rotatable bonds is 12. The second kappa shape index (κ2) is 17.6. The van der Waals surface area contributed by atoms with Crippen molar-refractivity contribution in [2.24, 2.45) is 11.8 Å². The Balaban J connectivity index is 1.84. The first-order valence-corrected chi connectivity index (χ1v) is 21.8. The molecule has 0 aliphatic carbocycles. The van der Waals surface area contributed by atoms with Crippen LogP contribution in [0.5, 0.6) is 0 Å². The van der Waals surface area contributed by atoms with Crippen molar-refractivity contribution >= 4 is 30.1 Å². The maximum Gasteiger partial charge on any atom is 0.216 e. The van der Waals surface area contributed by atoms with Gasteiger partial charge in [-0.25, -0.2) is 25.3 Å². The highest BCUT2D eigenvalue weighted by Crippen LogP contribution is 2.21. The third-order valence-electron chi connectivity index (χ3n) is 8.32. The molecule has 276 valence electrons. The Morgan fingerprint density at radius 3 is 1.02 bits per heavy atom. The van der Waals surface area contributed by atoms with Crippen LogP contribution in [0.25, 0.3) is 0 Å². The molecule has 0 amide bonds. The molecule has 6 bridgehead atoms. The van der Waals surface area contributed by atoms with E-state index in [2.05, 4.69) is 5.32 Å². The monoisotopic (exact) mass is 749 g/mol. The maximum atomic E-state index is 13.8. The van der Waals surface area contributed by atoms with E-state index in [9.17, 15) is 25.3 Å². The van der Waals surface area contributed by atoms with Crippen molar-refractivity contribution < 1.29 is 25.3 Å². The quantitative estimate of drug-likeness (QED) is 0.290. The van der Waals surface area contributed by atoms with Crippen LogP contribution in [0.15, 0.2) is 54.6 Å². The zero-order chi connectivity index (χ0) is 36.5. The Bertz CT molecular complexity index is 1790. The van der Waals surface area contributed by atoms with Gasteiger partial charge in [0.15, 0.2) is 0 Å². The summed E-state index contributed by atoms with van der Waals surface area (Å²) in [6.45, 7) is 7.78. The maximum absolute atomic E-state index is 13.8. The molecule has 50 heavy (non-hydrogen) atoms. The van der Waals surface area contributed by atoms with Gasteiger partial charge in [-0.15, -0.1) is 0 Å². The van der Waals surface area contributed by atoms with Gasteiger partial charge in [0.1, 0.15) is 0 Å². The first-order valence-electron chi connectivity index (χ1n) is 17.0. The minimum absolute atomic E-state index is 0.0472. The number of hydrogen-bond acceptors (Lipinski definition) is 10. The molecule has 1 N–H and O–H groups in total. The predicted molar refractivity (Wildman–Crippen MR) is 195 cm³/mol. The van der Waals surface area contributed by atoms with Crippen LogP contribution in [0.1, 0.15) is 74.7 Å². The van der Waals surface area contributed by atoms with Gasteiger partial charge < -0.3 is 5.32 Å². The second-order valence-electron chi connectivity index (χ2n) is 13.6.